The SMILES string of the molecule is CC1CCC(C(=O)N(c2cc(C(C)(C)C)sc2C(=O)O)C2CCN(C(=O)OC3CCOCC3)CC2)CC1. The second-order valence-corrected chi connectivity index (χ2v) is 13.0. The van der Waals surface area contributed by atoms with E-state index in [4.69, 9.17) is 9.47 Å². The van der Waals surface area contributed by atoms with Crippen molar-refractivity contribution in [2.45, 2.75) is 96.6 Å². The van der Waals surface area contributed by atoms with Crippen LogP contribution in [-0.2, 0) is 19.7 Å². The first-order chi connectivity index (χ1) is 17.5. The zero-order valence-electron chi connectivity index (χ0n) is 22.7. The number of likely N-dealkylation sites (tertiary alicyclic amines) is 1. The van der Waals surface area contributed by atoms with Crippen LogP contribution in [0.2, 0.25) is 0 Å². The average molecular weight is 535 g/mol. The highest BCUT2D eigenvalue weighted by molar-refractivity contribution is 7.14. The number of anilines is 1. The Labute approximate surface area is 224 Å². The molecule has 1 aromatic rings. The number of carboxylic acids is 1. The van der Waals surface area contributed by atoms with Crippen molar-refractivity contribution in [2.24, 2.45) is 11.8 Å². The average Bonchev–Trinajstić information content (AvgIpc) is 3.32. The second-order valence-electron chi connectivity index (χ2n) is 12.0. The van der Waals surface area contributed by atoms with Crippen LogP contribution in [0.3, 0.4) is 0 Å². The number of hydrogen-bond acceptors (Lipinski definition) is 6. The molecule has 4 rings (SSSR count). The third-order valence-electron chi connectivity index (χ3n) is 8.03. The number of carboxylic acid groups (broad SMARTS) is 1. The first kappa shape index (κ1) is 27.9. The molecule has 37 heavy (non-hydrogen) atoms. The lowest BCUT2D eigenvalue weighted by molar-refractivity contribution is -0.124. The lowest BCUT2D eigenvalue weighted by atomic mass is 9.82. The van der Waals surface area contributed by atoms with E-state index in [0.29, 0.717) is 50.8 Å². The fourth-order valence-corrected chi connectivity index (χ4v) is 6.65. The van der Waals surface area contributed by atoms with Gasteiger partial charge in [0.05, 0.1) is 18.9 Å². The van der Waals surface area contributed by atoms with E-state index in [1.807, 2.05) is 6.07 Å². The summed E-state index contributed by atoms with van der Waals surface area (Å²) >= 11 is 1.27. The van der Waals surface area contributed by atoms with Crippen LogP contribution in [0.1, 0.15) is 93.6 Å². The Bertz CT molecular complexity index is 964. The minimum absolute atomic E-state index is 0.0379. The summed E-state index contributed by atoms with van der Waals surface area (Å²) < 4.78 is 11.1. The molecular formula is C28H42N2O6S. The van der Waals surface area contributed by atoms with Crippen LogP contribution in [-0.4, -0.2) is 66.4 Å². The van der Waals surface area contributed by atoms with Crippen molar-refractivity contribution in [1.29, 1.82) is 0 Å². The summed E-state index contributed by atoms with van der Waals surface area (Å²) in [6.45, 7) is 10.6. The van der Waals surface area contributed by atoms with Gasteiger partial charge in [-0.25, -0.2) is 9.59 Å². The zero-order chi connectivity index (χ0) is 26.7. The fourth-order valence-electron chi connectivity index (χ4n) is 5.60. The van der Waals surface area contributed by atoms with Gasteiger partial charge >= 0.3 is 12.1 Å². The van der Waals surface area contributed by atoms with E-state index in [2.05, 4.69) is 27.7 Å². The Kier molecular flexibility index (Phi) is 8.84. The van der Waals surface area contributed by atoms with Gasteiger partial charge in [0.15, 0.2) is 0 Å². The number of piperidine rings is 1. The highest BCUT2D eigenvalue weighted by Crippen LogP contribution is 2.41. The van der Waals surface area contributed by atoms with Crippen molar-refractivity contribution in [3.8, 4) is 0 Å². The van der Waals surface area contributed by atoms with E-state index >= 15 is 0 Å². The van der Waals surface area contributed by atoms with Gasteiger partial charge in [0.25, 0.3) is 0 Å². The van der Waals surface area contributed by atoms with E-state index in [0.717, 1.165) is 43.4 Å². The van der Waals surface area contributed by atoms with Gasteiger partial charge in [0.1, 0.15) is 11.0 Å². The van der Waals surface area contributed by atoms with Crippen LogP contribution in [0.4, 0.5) is 10.5 Å². The van der Waals surface area contributed by atoms with Gasteiger partial charge in [0, 0.05) is 42.8 Å². The van der Waals surface area contributed by atoms with Crippen LogP contribution in [0.5, 0.6) is 0 Å². The largest absolute Gasteiger partial charge is 0.477 e. The predicted octanol–water partition coefficient (Wildman–Crippen LogP) is 5.68. The van der Waals surface area contributed by atoms with Crippen molar-refractivity contribution < 1.29 is 29.0 Å². The van der Waals surface area contributed by atoms with Crippen LogP contribution in [0.15, 0.2) is 6.07 Å². The van der Waals surface area contributed by atoms with E-state index < -0.39 is 5.97 Å². The first-order valence-electron chi connectivity index (χ1n) is 13.8. The molecule has 0 radical (unpaired) electrons. The third kappa shape index (κ3) is 6.66. The molecule has 2 amide bonds. The van der Waals surface area contributed by atoms with Crippen molar-refractivity contribution in [2.75, 3.05) is 31.2 Å². The molecule has 1 saturated carbocycles. The topological polar surface area (TPSA) is 96.4 Å². The summed E-state index contributed by atoms with van der Waals surface area (Å²) in [5.41, 5.74) is 0.300. The molecule has 0 spiro atoms. The maximum Gasteiger partial charge on any atom is 0.410 e. The van der Waals surface area contributed by atoms with Crippen molar-refractivity contribution in [3.63, 3.8) is 0 Å². The number of rotatable bonds is 5. The standard InChI is InChI=1S/C28H42N2O6S/c1-18-5-7-19(8-6-18)25(31)30(22-17-23(28(2,3)4)37-24(22)26(32)33)20-9-13-29(14-10-20)27(34)36-21-11-15-35-16-12-21/h17-21H,5-16H2,1-4H3,(H,32,33). The molecule has 1 aliphatic carbocycles. The van der Waals surface area contributed by atoms with Gasteiger partial charge in [-0.1, -0.05) is 27.7 Å². The summed E-state index contributed by atoms with van der Waals surface area (Å²) in [5, 5.41) is 10.1. The molecule has 1 N–H and O–H groups in total. The molecule has 9 heteroatoms. The highest BCUT2D eigenvalue weighted by atomic mass is 32.1. The summed E-state index contributed by atoms with van der Waals surface area (Å²) in [5.74, 6) is -0.433. The molecule has 3 aliphatic rings. The van der Waals surface area contributed by atoms with Crippen LogP contribution >= 0.6 is 11.3 Å². The Morgan fingerprint density at radius 3 is 2.22 bits per heavy atom. The van der Waals surface area contributed by atoms with Gasteiger partial charge in [-0.15, -0.1) is 11.3 Å². The van der Waals surface area contributed by atoms with E-state index in [-0.39, 0.29) is 40.4 Å². The number of amides is 2. The smallest absolute Gasteiger partial charge is 0.410 e. The van der Waals surface area contributed by atoms with Crippen LogP contribution < -0.4 is 4.90 Å². The Morgan fingerprint density at radius 2 is 1.65 bits per heavy atom. The van der Waals surface area contributed by atoms with Crippen molar-refractivity contribution in [1.82, 2.24) is 4.90 Å². The summed E-state index contributed by atoms with van der Waals surface area (Å²) in [6, 6.07) is 1.77. The molecule has 8 nitrogen and oxygen atoms in total. The van der Waals surface area contributed by atoms with Gasteiger partial charge in [0.2, 0.25) is 5.91 Å². The van der Waals surface area contributed by atoms with Crippen LogP contribution in [0, 0.1) is 11.8 Å². The molecule has 0 bridgehead atoms. The van der Waals surface area contributed by atoms with Crippen molar-refractivity contribution in [3.05, 3.63) is 15.8 Å². The lowest BCUT2D eigenvalue weighted by Gasteiger charge is -2.40. The van der Waals surface area contributed by atoms with Crippen molar-refractivity contribution >= 4 is 35.0 Å². The Balaban J connectivity index is 1.55. The third-order valence-corrected chi connectivity index (χ3v) is 9.57. The molecule has 0 unspecified atom stereocenters. The molecule has 3 fully saturated rings. The molecule has 0 aromatic carbocycles. The molecule has 1 aromatic heterocycles. The monoisotopic (exact) mass is 534 g/mol. The Morgan fingerprint density at radius 1 is 1.03 bits per heavy atom. The summed E-state index contributed by atoms with van der Waals surface area (Å²) in [7, 11) is 0. The van der Waals surface area contributed by atoms with Gasteiger partial charge in [-0.05, 0) is 55.9 Å². The predicted molar refractivity (Wildman–Crippen MR) is 144 cm³/mol. The molecule has 2 saturated heterocycles. The fraction of sp³-hybridized carbons (Fsp3) is 0.750. The number of nitrogens with zero attached hydrogens (tertiary/aromatic N) is 2. The molecule has 3 heterocycles. The second kappa shape index (κ2) is 11.7. The minimum atomic E-state index is -0.997. The Hall–Kier alpha value is -2.13. The molecule has 0 atom stereocenters. The highest BCUT2D eigenvalue weighted by Gasteiger charge is 2.39. The minimum Gasteiger partial charge on any atom is -0.477 e. The number of ether oxygens (including phenoxy) is 2. The van der Waals surface area contributed by atoms with E-state index in [9.17, 15) is 19.5 Å². The lowest BCUT2D eigenvalue weighted by Crippen LogP contribution is -2.51. The van der Waals surface area contributed by atoms with Crippen LogP contribution in [0.25, 0.3) is 0 Å². The molecule has 2 aliphatic heterocycles. The summed E-state index contributed by atoms with van der Waals surface area (Å²) in [6.07, 6.45) is 5.93. The maximum atomic E-state index is 14.0. The number of carbonyl (C=O) groups excluding carboxylic acids is 2. The zero-order valence-corrected chi connectivity index (χ0v) is 23.5. The molecule has 206 valence electrons. The number of hydrogen-bond donors (Lipinski definition) is 1. The number of carbonyl (C=O) groups is 3. The van der Waals surface area contributed by atoms with Gasteiger partial charge in [-0.2, -0.15) is 0 Å². The van der Waals surface area contributed by atoms with E-state index in [1.165, 1.54) is 11.3 Å². The summed E-state index contributed by atoms with van der Waals surface area (Å²) in [4.78, 5) is 43.8. The quantitative estimate of drug-likeness (QED) is 0.522. The van der Waals surface area contributed by atoms with Gasteiger partial charge in [-0.3, -0.25) is 4.79 Å². The number of thiophene rings is 1. The maximum absolute atomic E-state index is 14.0. The number of aromatic carboxylic acids is 1. The first-order valence-corrected chi connectivity index (χ1v) is 14.6. The van der Waals surface area contributed by atoms with E-state index in [1.54, 1.807) is 9.80 Å². The van der Waals surface area contributed by atoms with Gasteiger partial charge < -0.3 is 24.4 Å². The molecular weight excluding hydrogens is 492 g/mol. The normalized spacial score (nSPS) is 24.1.